The molecule has 42 nitrogen and oxygen atoms in total. The van der Waals surface area contributed by atoms with Gasteiger partial charge in [0.2, 0.25) is 88.6 Å². The number of carbonyl (C=O) groups is 17. The normalized spacial score (nSPS) is 14.9. The molecule has 0 aromatic heterocycles. The van der Waals surface area contributed by atoms with Gasteiger partial charge in [-0.05, 0) is 156 Å². The van der Waals surface area contributed by atoms with Crippen LogP contribution in [0.3, 0.4) is 0 Å². The highest BCUT2D eigenvalue weighted by Crippen LogP contribution is 2.18. The molecule has 0 unspecified atom stereocenters. The molecule has 15 amide bonds. The van der Waals surface area contributed by atoms with Crippen molar-refractivity contribution in [2.75, 3.05) is 26.2 Å². The van der Waals surface area contributed by atoms with E-state index in [0.717, 1.165) is 13.8 Å². The van der Waals surface area contributed by atoms with Gasteiger partial charge in [-0.2, -0.15) is 0 Å². The topological polar surface area (TPSA) is 704 Å². The molecule has 0 bridgehead atoms. The molecular weight excluding hydrogens is 1580 g/mol. The number of benzene rings is 3. The van der Waals surface area contributed by atoms with Crippen LogP contribution in [-0.4, -0.2) is 253 Å². The molecule has 15 atom stereocenters. The Labute approximate surface area is 699 Å². The molecule has 0 spiro atoms. The molecule has 42 heteroatoms. The molecule has 0 radical (unpaired) electrons. The van der Waals surface area contributed by atoms with Gasteiger partial charge in [-0.1, -0.05) is 77.9 Å². The number of phenolic OH excluding ortho intramolecular Hbond substituents is 3. The molecule has 0 saturated heterocycles. The van der Waals surface area contributed by atoms with Crippen molar-refractivity contribution in [1.82, 2.24) is 74.4 Å². The van der Waals surface area contributed by atoms with Gasteiger partial charge in [0.25, 0.3) is 0 Å². The summed E-state index contributed by atoms with van der Waals surface area (Å²) in [6, 6.07) is -4.57. The fraction of sp³-hybridized carbons (Fsp3) is 0.557. The van der Waals surface area contributed by atoms with Crippen LogP contribution < -0.4 is 97.4 Å². The fourth-order valence-electron chi connectivity index (χ4n) is 11.9. The molecule has 0 aliphatic rings. The Morgan fingerprint density at radius 1 is 0.347 bits per heavy atom. The number of nitrogens with two attached hydrogens (primary N) is 4. The highest BCUT2D eigenvalue weighted by atomic mass is 16.4. The number of amides is 15. The SMILES string of the molecule is CC(C)C[C@H](NC(=O)CNC(=O)[C@@H](NC(=O)[C@H](Cc1ccc(O)cc1)NC(=O)[C@H](C)NC(=O)[C@H](Cc1ccc(O)cc1)NC(=O)[C@@H](NC(=O)[C@H](CC(N)=O)NC(=O)[C@H](Cc1ccc(O)cc1)NC(=O)[C@H](CCCCN)NC(=O)[C@H](CCCCN)NC(=O)[C@@H](N)C(C)C)[C@@H](C)O)C(C)C)C(=O)N[C@H](C(=O)N[C@@H](CCC(=O)O)C(=O)NCC(=O)O)[C@@H](C)O. The fourth-order valence-corrected chi connectivity index (χ4v) is 11.9. The molecule has 0 aliphatic carbocycles. The van der Waals surface area contributed by atoms with E-state index in [1.165, 1.54) is 93.6 Å². The summed E-state index contributed by atoms with van der Waals surface area (Å²) in [4.78, 5) is 232. The number of carboxylic acids is 2. The second kappa shape index (κ2) is 52.0. The quantitative estimate of drug-likeness (QED) is 0.0234. The molecule has 0 fully saturated rings. The Balaban J connectivity index is 1.94. The number of primary amides is 1. The lowest BCUT2D eigenvalue weighted by Gasteiger charge is -2.29. The van der Waals surface area contributed by atoms with Crippen molar-refractivity contribution >= 4 is 101 Å². The van der Waals surface area contributed by atoms with Gasteiger partial charge in [0.1, 0.15) is 96.3 Å². The summed E-state index contributed by atoms with van der Waals surface area (Å²) in [5, 5.41) is 104. The predicted octanol–water partition coefficient (Wildman–Crippen LogP) is -5.57. The van der Waals surface area contributed by atoms with Crippen LogP contribution in [0.25, 0.3) is 0 Å². The van der Waals surface area contributed by atoms with Crippen LogP contribution in [0, 0.1) is 17.8 Å². The van der Waals surface area contributed by atoms with Gasteiger partial charge in [-0.25, -0.2) is 0 Å². The average molecular weight is 1710 g/mol. The van der Waals surface area contributed by atoms with Crippen molar-refractivity contribution in [3.8, 4) is 17.2 Å². The van der Waals surface area contributed by atoms with E-state index in [1.54, 1.807) is 27.7 Å². The number of hydrogen-bond acceptors (Lipinski definition) is 25. The molecule has 3 aromatic carbocycles. The summed E-state index contributed by atoms with van der Waals surface area (Å²) < 4.78 is 0. The van der Waals surface area contributed by atoms with Crippen molar-refractivity contribution in [3.63, 3.8) is 0 Å². The maximum atomic E-state index is 14.6. The van der Waals surface area contributed by atoms with E-state index in [2.05, 4.69) is 69.1 Å². The van der Waals surface area contributed by atoms with Gasteiger partial charge in [0.15, 0.2) is 0 Å². The van der Waals surface area contributed by atoms with E-state index < -0.39 is 236 Å². The third kappa shape index (κ3) is 37.8. The first-order valence-corrected chi connectivity index (χ1v) is 39.6. The summed E-state index contributed by atoms with van der Waals surface area (Å²) in [6.07, 6.45) is -5.31. The van der Waals surface area contributed by atoms with Crippen molar-refractivity contribution in [1.29, 1.82) is 0 Å². The van der Waals surface area contributed by atoms with Crippen molar-refractivity contribution in [3.05, 3.63) is 89.5 Å². The number of aliphatic hydroxyl groups excluding tert-OH is 2. The number of aromatic hydroxyl groups is 3. The molecule has 121 heavy (non-hydrogen) atoms. The first kappa shape index (κ1) is 103. The molecular formula is C79H120N18O24. The van der Waals surface area contributed by atoms with E-state index >= 15 is 0 Å². The molecule has 3 rings (SSSR count). The van der Waals surface area contributed by atoms with Gasteiger partial charge >= 0.3 is 11.9 Å². The van der Waals surface area contributed by atoms with E-state index in [4.69, 9.17) is 28.0 Å². The number of unbranched alkanes of at least 4 members (excludes halogenated alkanes) is 2. The van der Waals surface area contributed by atoms with Gasteiger partial charge in [0.05, 0.1) is 31.2 Å². The lowest BCUT2D eigenvalue weighted by Crippen LogP contribution is -2.62. The minimum Gasteiger partial charge on any atom is -0.508 e. The average Bonchev–Trinajstić information content (AvgIpc) is 0.817. The Morgan fingerprint density at radius 2 is 0.694 bits per heavy atom. The van der Waals surface area contributed by atoms with Gasteiger partial charge in [0, 0.05) is 25.7 Å². The third-order valence-corrected chi connectivity index (χ3v) is 18.8. The molecule has 670 valence electrons. The highest BCUT2D eigenvalue weighted by molar-refractivity contribution is 6.01. The minimum absolute atomic E-state index is 0.0393. The Hall–Kier alpha value is -12.1. The molecule has 0 heterocycles. The van der Waals surface area contributed by atoms with Crippen LogP contribution in [0.5, 0.6) is 17.2 Å². The zero-order valence-electron chi connectivity index (χ0n) is 69.2. The Kier molecular flexibility index (Phi) is 44.3. The van der Waals surface area contributed by atoms with Gasteiger partial charge < -0.3 is 133 Å². The third-order valence-electron chi connectivity index (χ3n) is 18.8. The minimum atomic E-state index is -2.04. The number of carbonyl (C=O) groups excluding carboxylic acids is 15. The van der Waals surface area contributed by atoms with Crippen LogP contribution >= 0.6 is 0 Å². The number of aliphatic carboxylic acids is 2. The van der Waals surface area contributed by atoms with E-state index in [9.17, 15) is 112 Å². The van der Waals surface area contributed by atoms with Gasteiger partial charge in [-0.3, -0.25) is 81.5 Å². The summed E-state index contributed by atoms with van der Waals surface area (Å²) in [5.41, 5.74) is 24.2. The second-order valence-electron chi connectivity index (χ2n) is 30.5. The van der Waals surface area contributed by atoms with E-state index in [0.29, 0.717) is 30.4 Å². The zero-order valence-corrected chi connectivity index (χ0v) is 69.2. The number of nitrogens with one attached hydrogen (secondary N) is 14. The van der Waals surface area contributed by atoms with Crippen LogP contribution in [0.1, 0.15) is 143 Å². The Morgan fingerprint density at radius 3 is 1.09 bits per heavy atom. The zero-order chi connectivity index (χ0) is 91.1. The summed E-state index contributed by atoms with van der Waals surface area (Å²) >= 11 is 0. The number of rotatable bonds is 54. The molecule has 29 N–H and O–H groups in total. The Bertz CT molecular complexity index is 4000. The number of aliphatic hydroxyl groups is 2. The maximum absolute atomic E-state index is 14.6. The smallest absolute Gasteiger partial charge is 0.322 e. The maximum Gasteiger partial charge on any atom is 0.322 e. The first-order valence-electron chi connectivity index (χ1n) is 39.6. The predicted molar refractivity (Wildman–Crippen MR) is 435 cm³/mol. The first-order chi connectivity index (χ1) is 56.8. The van der Waals surface area contributed by atoms with E-state index in [1.807, 2.05) is 5.32 Å². The number of phenols is 3. The lowest BCUT2D eigenvalue weighted by atomic mass is 10.0. The van der Waals surface area contributed by atoms with Crippen molar-refractivity contribution in [2.24, 2.45) is 40.7 Å². The van der Waals surface area contributed by atoms with Crippen LogP contribution in [0.4, 0.5) is 0 Å². The summed E-state index contributed by atoms with van der Waals surface area (Å²) in [5.74, 6) is -20.4. The largest absolute Gasteiger partial charge is 0.508 e. The van der Waals surface area contributed by atoms with Crippen molar-refractivity contribution in [2.45, 2.75) is 237 Å². The van der Waals surface area contributed by atoms with Crippen molar-refractivity contribution < 1.29 is 117 Å². The second-order valence-corrected chi connectivity index (χ2v) is 30.5. The molecule has 0 saturated carbocycles. The number of hydrogen-bond donors (Lipinski definition) is 25. The highest BCUT2D eigenvalue weighted by Gasteiger charge is 2.39. The summed E-state index contributed by atoms with van der Waals surface area (Å²) in [7, 11) is 0. The van der Waals surface area contributed by atoms with Crippen LogP contribution in [0.2, 0.25) is 0 Å². The van der Waals surface area contributed by atoms with Crippen LogP contribution in [0.15, 0.2) is 72.8 Å². The van der Waals surface area contributed by atoms with Crippen LogP contribution in [-0.2, 0) is 101 Å². The summed E-state index contributed by atoms with van der Waals surface area (Å²) in [6.45, 7) is 11.9. The molecule has 3 aromatic rings. The molecule has 0 aliphatic heterocycles. The number of carboxylic acid groups (broad SMARTS) is 2. The van der Waals surface area contributed by atoms with E-state index in [-0.39, 0.29) is 86.3 Å². The standard InChI is InChI=1S/C79H120N18O24/c1-39(2)32-54(73(115)96-65(43(8)98)78(120)90-53(28-29-61(105)106)68(110)85-38-62(107)108)87-60(104)37-84-77(119)64(41(5)6)95-74(116)57(35-47-20-26-50(102)27-21-47)91-67(109)42(7)86-71(113)55(33-45-16-22-48(100)23-17-45)94-79(121)66(44(9)99)97-75(117)58(36-59(82)103)93-72(114)56(34-46-18-24-49(101)25-19-46)92-70(112)51(14-10-12-30-80)88-69(111)52(15-11-13-31-81)89-76(118)63(83)40(3)4/h16-27,39-44,51-58,63-66,98-102H,10-15,28-38,80-81,83H2,1-9H3,(H2,82,103)(H,84,119)(H,85,110)(H,86,113)(H,87,104)(H,88,111)(H,89,118)(H,90,120)(H,91,109)(H,92,112)(H,93,114)(H,94,121)(H,95,116)(H,96,115)(H,97,117)(H,105,106)(H,107,108)/t42-,43+,44+,51-,52-,53-,54-,55-,56-,57-,58-,63-,64-,65-,66-/m0/s1. The lowest BCUT2D eigenvalue weighted by molar-refractivity contribution is -0.140. The van der Waals surface area contributed by atoms with Gasteiger partial charge in [-0.15, -0.1) is 0 Å². The monoisotopic (exact) mass is 1700 g/mol.